The van der Waals surface area contributed by atoms with Crippen molar-refractivity contribution in [1.29, 1.82) is 0 Å². The highest BCUT2D eigenvalue weighted by molar-refractivity contribution is 5.76. The van der Waals surface area contributed by atoms with Crippen molar-refractivity contribution in [3.05, 3.63) is 101 Å². The standard InChI is InChI=1S/C30H37NO5/c1-20(2)31(21(3)4)36-30(35)29(34)26-13-9-8-12-24(26)15-16-25(23-10-6-5-7-11-23)27-18-22(19-32)14-17-28(27)33/h5-14,17-18,20-21,25,29,32-34H,15-16,19H2,1-4H3/t25-,29-/m1/s1. The third-order valence-corrected chi connectivity index (χ3v) is 6.34. The number of carbonyl (C=O) groups is 1. The molecule has 3 aromatic carbocycles. The molecule has 0 heterocycles. The van der Waals surface area contributed by atoms with Gasteiger partial charge in [-0.25, -0.2) is 4.79 Å². The minimum absolute atomic E-state index is 0.0228. The van der Waals surface area contributed by atoms with Gasteiger partial charge in [-0.1, -0.05) is 60.7 Å². The highest BCUT2D eigenvalue weighted by Gasteiger charge is 2.27. The van der Waals surface area contributed by atoms with E-state index in [1.165, 1.54) is 0 Å². The smallest absolute Gasteiger partial charge is 0.358 e. The minimum Gasteiger partial charge on any atom is -0.508 e. The molecule has 36 heavy (non-hydrogen) atoms. The number of aromatic hydroxyl groups is 1. The normalized spacial score (nSPS) is 13.2. The van der Waals surface area contributed by atoms with E-state index in [0.29, 0.717) is 18.4 Å². The van der Waals surface area contributed by atoms with Crippen LogP contribution in [0.25, 0.3) is 0 Å². The van der Waals surface area contributed by atoms with E-state index in [-0.39, 0.29) is 30.4 Å². The quantitative estimate of drug-likeness (QED) is 0.317. The minimum atomic E-state index is -1.41. The van der Waals surface area contributed by atoms with Crippen molar-refractivity contribution in [1.82, 2.24) is 5.06 Å². The van der Waals surface area contributed by atoms with Crippen LogP contribution in [0.5, 0.6) is 5.75 Å². The Kier molecular flexibility index (Phi) is 9.65. The third kappa shape index (κ3) is 6.72. The highest BCUT2D eigenvalue weighted by atomic mass is 16.7. The summed E-state index contributed by atoms with van der Waals surface area (Å²) in [7, 11) is 0. The molecule has 0 aromatic heterocycles. The van der Waals surface area contributed by atoms with Gasteiger partial charge in [0, 0.05) is 23.6 Å². The molecule has 0 bridgehead atoms. The molecule has 2 atom stereocenters. The second-order valence-electron chi connectivity index (χ2n) is 9.61. The lowest BCUT2D eigenvalue weighted by Crippen LogP contribution is -2.40. The van der Waals surface area contributed by atoms with Crippen LogP contribution in [0.3, 0.4) is 0 Å². The number of phenolic OH excluding ortho intramolecular Hbond substituents is 1. The number of carbonyl (C=O) groups excluding carboxylic acids is 1. The Morgan fingerprint density at radius 2 is 1.53 bits per heavy atom. The Morgan fingerprint density at radius 3 is 2.17 bits per heavy atom. The molecule has 0 saturated heterocycles. The molecular weight excluding hydrogens is 454 g/mol. The number of phenols is 1. The highest BCUT2D eigenvalue weighted by Crippen LogP contribution is 2.36. The fourth-order valence-corrected chi connectivity index (χ4v) is 4.58. The summed E-state index contributed by atoms with van der Waals surface area (Å²) in [6.45, 7) is 7.60. The maximum Gasteiger partial charge on any atom is 0.358 e. The van der Waals surface area contributed by atoms with Gasteiger partial charge in [0.25, 0.3) is 0 Å². The summed E-state index contributed by atoms with van der Waals surface area (Å²) in [5, 5.41) is 32.8. The molecule has 0 saturated carbocycles. The summed E-state index contributed by atoms with van der Waals surface area (Å²) in [5.41, 5.74) is 3.83. The fraction of sp³-hybridized carbons (Fsp3) is 0.367. The van der Waals surface area contributed by atoms with Crippen molar-refractivity contribution in [2.75, 3.05) is 0 Å². The van der Waals surface area contributed by atoms with E-state index in [1.54, 1.807) is 29.3 Å². The van der Waals surface area contributed by atoms with E-state index in [4.69, 9.17) is 4.84 Å². The summed E-state index contributed by atoms with van der Waals surface area (Å²) in [4.78, 5) is 18.4. The van der Waals surface area contributed by atoms with Gasteiger partial charge in [0.15, 0.2) is 6.10 Å². The average Bonchev–Trinajstić information content (AvgIpc) is 2.88. The predicted molar refractivity (Wildman–Crippen MR) is 140 cm³/mol. The number of hydrogen-bond acceptors (Lipinski definition) is 6. The van der Waals surface area contributed by atoms with E-state index in [0.717, 1.165) is 22.3 Å². The Hall–Kier alpha value is -3.19. The maximum absolute atomic E-state index is 12.8. The summed E-state index contributed by atoms with van der Waals surface area (Å²) < 4.78 is 0. The topological polar surface area (TPSA) is 90.2 Å². The molecular formula is C30H37NO5. The van der Waals surface area contributed by atoms with E-state index in [2.05, 4.69) is 0 Å². The van der Waals surface area contributed by atoms with E-state index in [9.17, 15) is 20.1 Å². The molecule has 0 spiro atoms. The van der Waals surface area contributed by atoms with Crippen LogP contribution in [0, 0.1) is 0 Å². The van der Waals surface area contributed by atoms with Crippen LogP contribution in [0.4, 0.5) is 0 Å². The van der Waals surface area contributed by atoms with Gasteiger partial charge >= 0.3 is 5.97 Å². The SMILES string of the molecule is CC(C)N(OC(=O)[C@H](O)c1ccccc1CC[C@H](c1ccccc1)c1cc(CO)ccc1O)C(C)C. The molecule has 0 aliphatic rings. The lowest BCUT2D eigenvalue weighted by Gasteiger charge is -2.29. The monoisotopic (exact) mass is 491 g/mol. The lowest BCUT2D eigenvalue weighted by atomic mass is 9.84. The van der Waals surface area contributed by atoms with Crippen LogP contribution in [0.2, 0.25) is 0 Å². The molecule has 0 radical (unpaired) electrons. The second-order valence-corrected chi connectivity index (χ2v) is 9.61. The molecule has 6 heteroatoms. The molecule has 0 aliphatic heterocycles. The summed E-state index contributed by atoms with van der Waals surface area (Å²) in [6, 6.07) is 22.3. The number of benzene rings is 3. The Labute approximate surface area is 213 Å². The van der Waals surface area contributed by atoms with Crippen molar-refractivity contribution < 1.29 is 25.0 Å². The van der Waals surface area contributed by atoms with Gasteiger partial charge < -0.3 is 20.2 Å². The predicted octanol–water partition coefficient (Wildman–Crippen LogP) is 5.26. The number of aliphatic hydroxyl groups excluding tert-OH is 2. The zero-order chi connectivity index (χ0) is 26.2. The molecule has 192 valence electrons. The molecule has 0 aliphatic carbocycles. The van der Waals surface area contributed by atoms with Gasteiger partial charge in [-0.2, -0.15) is 0 Å². The molecule has 3 aromatic rings. The Morgan fingerprint density at radius 1 is 0.889 bits per heavy atom. The van der Waals surface area contributed by atoms with Gasteiger partial charge in [0.05, 0.1) is 6.61 Å². The van der Waals surface area contributed by atoms with Crippen molar-refractivity contribution in [3.8, 4) is 5.75 Å². The molecule has 0 amide bonds. The summed E-state index contributed by atoms with van der Waals surface area (Å²) >= 11 is 0. The van der Waals surface area contributed by atoms with Crippen LogP contribution < -0.4 is 0 Å². The van der Waals surface area contributed by atoms with Gasteiger partial charge in [-0.15, -0.1) is 5.06 Å². The lowest BCUT2D eigenvalue weighted by molar-refractivity contribution is -0.218. The van der Waals surface area contributed by atoms with Crippen molar-refractivity contribution in [2.24, 2.45) is 0 Å². The van der Waals surface area contributed by atoms with E-state index >= 15 is 0 Å². The van der Waals surface area contributed by atoms with Crippen LogP contribution >= 0.6 is 0 Å². The summed E-state index contributed by atoms with van der Waals surface area (Å²) in [6.07, 6.45) is -0.237. The number of aliphatic hydroxyl groups is 2. The summed E-state index contributed by atoms with van der Waals surface area (Å²) in [5.74, 6) is -0.689. The number of hydroxylamine groups is 2. The Balaban J connectivity index is 1.87. The van der Waals surface area contributed by atoms with Crippen LogP contribution in [-0.4, -0.2) is 38.4 Å². The molecule has 3 N–H and O–H groups in total. The van der Waals surface area contributed by atoms with Crippen molar-refractivity contribution >= 4 is 5.97 Å². The van der Waals surface area contributed by atoms with Gasteiger partial charge in [0.2, 0.25) is 0 Å². The third-order valence-electron chi connectivity index (χ3n) is 6.34. The molecule has 6 nitrogen and oxygen atoms in total. The largest absolute Gasteiger partial charge is 0.508 e. The first-order chi connectivity index (χ1) is 17.2. The van der Waals surface area contributed by atoms with Crippen molar-refractivity contribution in [2.45, 2.75) is 71.2 Å². The first-order valence-electron chi connectivity index (χ1n) is 12.5. The van der Waals surface area contributed by atoms with Gasteiger partial charge in [0.1, 0.15) is 5.75 Å². The molecule has 3 rings (SSSR count). The maximum atomic E-state index is 12.8. The van der Waals surface area contributed by atoms with Crippen LogP contribution in [-0.2, 0) is 22.7 Å². The zero-order valence-electron chi connectivity index (χ0n) is 21.5. The number of hydrogen-bond donors (Lipinski definition) is 3. The Bertz CT molecular complexity index is 1120. The van der Waals surface area contributed by atoms with Crippen molar-refractivity contribution in [3.63, 3.8) is 0 Å². The molecule has 0 fully saturated rings. The number of rotatable bonds is 11. The number of aryl methyl sites for hydroxylation is 1. The van der Waals surface area contributed by atoms with Crippen LogP contribution in [0.15, 0.2) is 72.8 Å². The van der Waals surface area contributed by atoms with E-state index < -0.39 is 12.1 Å². The zero-order valence-corrected chi connectivity index (χ0v) is 21.5. The van der Waals surface area contributed by atoms with Gasteiger partial charge in [-0.3, -0.25) is 0 Å². The second kappa shape index (κ2) is 12.7. The first kappa shape index (κ1) is 27.4. The first-order valence-corrected chi connectivity index (χ1v) is 12.5. The van der Waals surface area contributed by atoms with E-state index in [1.807, 2.05) is 76.2 Å². The molecule has 0 unspecified atom stereocenters. The van der Waals surface area contributed by atoms with Crippen LogP contribution in [0.1, 0.15) is 74.0 Å². The average molecular weight is 492 g/mol. The number of nitrogens with zero attached hydrogens (tertiary/aromatic N) is 1. The fourth-order valence-electron chi connectivity index (χ4n) is 4.58. The van der Waals surface area contributed by atoms with Gasteiger partial charge in [-0.05, 0) is 74.9 Å².